The number of benzene rings is 2. The normalized spacial score (nSPS) is 17.0. The lowest BCUT2D eigenvalue weighted by atomic mass is 10.1. The van der Waals surface area contributed by atoms with Crippen LogP contribution in [-0.2, 0) is 34.3 Å². The molecule has 2 aliphatic heterocycles. The lowest BCUT2D eigenvalue weighted by Crippen LogP contribution is -2.29. The second-order valence-electron chi connectivity index (χ2n) is 8.42. The smallest absolute Gasteiger partial charge is 0.240 e. The van der Waals surface area contributed by atoms with Crippen molar-refractivity contribution in [3.63, 3.8) is 0 Å². The average Bonchev–Trinajstić information content (AvgIpc) is 3.22. The van der Waals surface area contributed by atoms with Gasteiger partial charge < -0.3 is 4.90 Å². The van der Waals surface area contributed by atoms with Gasteiger partial charge in [-0.05, 0) is 67.2 Å². The molecule has 4 rings (SSSR count). The molecule has 0 aromatic heterocycles. The SMILES string of the molecule is CCC(=O)N1CCc2cc(S(=O)(=O)NCc3cccc(CN4CCCCC4)c3)ccc21. The highest BCUT2D eigenvalue weighted by atomic mass is 32.2. The molecule has 1 fully saturated rings. The minimum Gasteiger partial charge on any atom is -0.312 e. The predicted octanol–water partition coefficient (Wildman–Crippen LogP) is 3.45. The largest absolute Gasteiger partial charge is 0.312 e. The van der Waals surface area contributed by atoms with Crippen LogP contribution in [-0.4, -0.2) is 38.9 Å². The highest BCUT2D eigenvalue weighted by Gasteiger charge is 2.25. The van der Waals surface area contributed by atoms with Gasteiger partial charge >= 0.3 is 0 Å². The topological polar surface area (TPSA) is 69.7 Å². The van der Waals surface area contributed by atoms with E-state index in [4.69, 9.17) is 0 Å². The van der Waals surface area contributed by atoms with Gasteiger partial charge in [0.05, 0.1) is 4.90 Å². The molecule has 1 amide bonds. The number of hydrogen-bond acceptors (Lipinski definition) is 4. The number of amides is 1. The van der Waals surface area contributed by atoms with Crippen molar-refractivity contribution >= 4 is 21.6 Å². The van der Waals surface area contributed by atoms with Crippen molar-refractivity contribution in [3.8, 4) is 0 Å². The molecule has 7 heteroatoms. The Hall–Kier alpha value is -2.22. The lowest BCUT2D eigenvalue weighted by Gasteiger charge is -2.26. The number of hydrogen-bond donors (Lipinski definition) is 1. The summed E-state index contributed by atoms with van der Waals surface area (Å²) in [5.41, 5.74) is 3.92. The number of carbonyl (C=O) groups is 1. The summed E-state index contributed by atoms with van der Waals surface area (Å²) in [6.45, 7) is 5.90. The molecule has 2 aromatic rings. The third kappa shape index (κ3) is 5.17. The summed E-state index contributed by atoms with van der Waals surface area (Å²) in [6.07, 6.45) is 4.95. The Kier molecular flexibility index (Phi) is 6.74. The van der Waals surface area contributed by atoms with E-state index in [1.54, 1.807) is 23.1 Å². The van der Waals surface area contributed by atoms with Crippen molar-refractivity contribution in [2.75, 3.05) is 24.5 Å². The molecule has 2 aromatic carbocycles. The predicted molar refractivity (Wildman–Crippen MR) is 122 cm³/mol. The fourth-order valence-corrected chi connectivity index (χ4v) is 5.54. The van der Waals surface area contributed by atoms with Gasteiger partial charge in [-0.2, -0.15) is 0 Å². The third-order valence-electron chi connectivity index (χ3n) is 6.17. The molecule has 0 aliphatic carbocycles. The molecule has 0 bridgehead atoms. The first-order chi connectivity index (χ1) is 15.0. The Morgan fingerprint density at radius 2 is 1.77 bits per heavy atom. The van der Waals surface area contributed by atoms with Gasteiger partial charge in [-0.25, -0.2) is 13.1 Å². The molecular weight excluding hydrogens is 410 g/mol. The Labute approximate surface area is 185 Å². The van der Waals surface area contributed by atoms with Crippen LogP contribution in [0.5, 0.6) is 0 Å². The maximum absolute atomic E-state index is 12.9. The first-order valence-electron chi connectivity index (χ1n) is 11.2. The van der Waals surface area contributed by atoms with E-state index in [2.05, 4.69) is 21.8 Å². The minimum absolute atomic E-state index is 0.0666. The number of piperidine rings is 1. The summed E-state index contributed by atoms with van der Waals surface area (Å²) in [6, 6.07) is 13.2. The lowest BCUT2D eigenvalue weighted by molar-refractivity contribution is -0.118. The van der Waals surface area contributed by atoms with Crippen molar-refractivity contribution in [1.29, 1.82) is 0 Å². The molecule has 1 N–H and O–H groups in total. The van der Waals surface area contributed by atoms with Crippen LogP contribution in [0.3, 0.4) is 0 Å². The Balaban J connectivity index is 1.42. The summed E-state index contributed by atoms with van der Waals surface area (Å²) < 4.78 is 28.5. The highest BCUT2D eigenvalue weighted by molar-refractivity contribution is 7.89. The van der Waals surface area contributed by atoms with Gasteiger partial charge in [0.15, 0.2) is 0 Å². The zero-order chi connectivity index (χ0) is 21.8. The summed E-state index contributed by atoms with van der Waals surface area (Å²) in [5.74, 6) is 0.0666. The fourth-order valence-electron chi connectivity index (χ4n) is 4.47. The number of carbonyl (C=O) groups excluding carboxylic acids is 1. The van der Waals surface area contributed by atoms with Crippen molar-refractivity contribution in [2.45, 2.75) is 57.0 Å². The molecule has 0 radical (unpaired) electrons. The van der Waals surface area contributed by atoms with E-state index in [1.807, 2.05) is 19.1 Å². The summed E-state index contributed by atoms with van der Waals surface area (Å²) >= 11 is 0. The average molecular weight is 442 g/mol. The number of likely N-dealkylation sites (tertiary alicyclic amines) is 1. The standard InChI is InChI=1S/C24H31N3O3S/c1-2-24(28)27-14-11-21-16-22(9-10-23(21)27)31(29,30)25-17-19-7-6-8-20(15-19)18-26-12-4-3-5-13-26/h6-10,15-16,25H,2-5,11-14,17-18H2,1H3. The first kappa shape index (κ1) is 22.0. The fraction of sp³-hybridized carbons (Fsp3) is 0.458. The number of nitrogens with zero attached hydrogens (tertiary/aromatic N) is 2. The Morgan fingerprint density at radius 1 is 1.00 bits per heavy atom. The van der Waals surface area contributed by atoms with E-state index in [0.717, 1.165) is 36.4 Å². The highest BCUT2D eigenvalue weighted by Crippen LogP contribution is 2.30. The second-order valence-corrected chi connectivity index (χ2v) is 10.2. The van der Waals surface area contributed by atoms with Crippen LogP contribution in [0.1, 0.15) is 49.3 Å². The molecular formula is C24H31N3O3S. The number of rotatable bonds is 7. The molecule has 1 saturated heterocycles. The molecule has 0 saturated carbocycles. The van der Waals surface area contributed by atoms with E-state index in [1.165, 1.54) is 24.8 Å². The van der Waals surface area contributed by atoms with E-state index < -0.39 is 10.0 Å². The Morgan fingerprint density at radius 3 is 2.55 bits per heavy atom. The van der Waals surface area contributed by atoms with Crippen molar-refractivity contribution in [2.24, 2.45) is 0 Å². The van der Waals surface area contributed by atoms with Gasteiger partial charge in [0, 0.05) is 31.7 Å². The molecule has 2 heterocycles. The van der Waals surface area contributed by atoms with Crippen LogP contribution < -0.4 is 9.62 Å². The van der Waals surface area contributed by atoms with Gasteiger partial charge in [0.25, 0.3) is 0 Å². The zero-order valence-corrected chi connectivity index (χ0v) is 19.0. The number of anilines is 1. The molecule has 2 aliphatic rings. The van der Waals surface area contributed by atoms with Crippen molar-refractivity contribution < 1.29 is 13.2 Å². The molecule has 0 unspecified atom stereocenters. The number of fused-ring (bicyclic) bond motifs is 1. The minimum atomic E-state index is -3.63. The Bertz CT molecular complexity index is 1050. The van der Waals surface area contributed by atoms with E-state index >= 15 is 0 Å². The van der Waals surface area contributed by atoms with Gasteiger partial charge in [-0.1, -0.05) is 37.6 Å². The van der Waals surface area contributed by atoms with E-state index in [9.17, 15) is 13.2 Å². The van der Waals surface area contributed by atoms with Gasteiger partial charge in [-0.3, -0.25) is 9.69 Å². The van der Waals surface area contributed by atoms with E-state index in [0.29, 0.717) is 19.4 Å². The van der Waals surface area contributed by atoms with Crippen LogP contribution >= 0.6 is 0 Å². The van der Waals surface area contributed by atoms with E-state index in [-0.39, 0.29) is 17.3 Å². The summed E-state index contributed by atoms with van der Waals surface area (Å²) in [7, 11) is -3.63. The second kappa shape index (κ2) is 9.51. The van der Waals surface area contributed by atoms with Crippen LogP contribution in [0.15, 0.2) is 47.4 Å². The van der Waals surface area contributed by atoms with Gasteiger partial charge in [0.2, 0.25) is 15.9 Å². The molecule has 0 spiro atoms. The first-order valence-corrected chi connectivity index (χ1v) is 12.7. The van der Waals surface area contributed by atoms with Crippen LogP contribution in [0, 0.1) is 0 Å². The third-order valence-corrected chi connectivity index (χ3v) is 7.57. The van der Waals surface area contributed by atoms with Crippen molar-refractivity contribution in [3.05, 3.63) is 59.2 Å². The molecule has 31 heavy (non-hydrogen) atoms. The zero-order valence-electron chi connectivity index (χ0n) is 18.1. The van der Waals surface area contributed by atoms with Crippen LogP contribution in [0.4, 0.5) is 5.69 Å². The van der Waals surface area contributed by atoms with Crippen LogP contribution in [0.25, 0.3) is 0 Å². The summed E-state index contributed by atoms with van der Waals surface area (Å²) in [5, 5.41) is 0. The van der Waals surface area contributed by atoms with Crippen LogP contribution in [0.2, 0.25) is 0 Å². The molecule has 6 nitrogen and oxygen atoms in total. The van der Waals surface area contributed by atoms with Crippen molar-refractivity contribution in [1.82, 2.24) is 9.62 Å². The molecule has 166 valence electrons. The maximum Gasteiger partial charge on any atom is 0.240 e. The summed E-state index contributed by atoms with van der Waals surface area (Å²) in [4.78, 5) is 16.5. The van der Waals surface area contributed by atoms with Gasteiger partial charge in [0.1, 0.15) is 0 Å². The number of nitrogens with one attached hydrogen (secondary N) is 1. The maximum atomic E-state index is 12.9. The molecule has 0 atom stereocenters. The monoisotopic (exact) mass is 441 g/mol. The van der Waals surface area contributed by atoms with Gasteiger partial charge in [-0.15, -0.1) is 0 Å². The quantitative estimate of drug-likeness (QED) is 0.715. The number of sulfonamides is 1.